The Morgan fingerprint density at radius 3 is 2.47 bits per heavy atom. The van der Waals surface area contributed by atoms with Crippen LogP contribution in [0.5, 0.6) is 17.4 Å². The highest BCUT2D eigenvalue weighted by Gasteiger charge is 2.39. The van der Waals surface area contributed by atoms with E-state index >= 15 is 0 Å². The fourth-order valence-corrected chi connectivity index (χ4v) is 3.32. The summed E-state index contributed by atoms with van der Waals surface area (Å²) in [6, 6.07) is 13.5. The molecule has 0 saturated heterocycles. The molecule has 0 aliphatic heterocycles. The molecule has 0 N–H and O–H groups in total. The second-order valence-corrected chi connectivity index (χ2v) is 7.14. The van der Waals surface area contributed by atoms with Crippen LogP contribution in [-0.4, -0.2) is 21.6 Å². The molecule has 0 amide bonds. The molecule has 0 fully saturated rings. The topological polar surface area (TPSA) is 66.2 Å². The minimum Gasteiger partial charge on any atom is -0.496 e. The van der Waals surface area contributed by atoms with E-state index in [0.29, 0.717) is 12.1 Å². The third-order valence-corrected chi connectivity index (χ3v) is 4.89. The van der Waals surface area contributed by atoms with Crippen LogP contribution < -0.4 is 15.0 Å². The van der Waals surface area contributed by atoms with Crippen LogP contribution in [0.1, 0.15) is 16.7 Å². The lowest BCUT2D eigenvalue weighted by molar-refractivity contribution is -0.140. The molecule has 0 saturated carbocycles. The zero-order valence-corrected chi connectivity index (χ0v) is 17.2. The summed E-state index contributed by atoms with van der Waals surface area (Å²) in [5.41, 5.74) is 1.07. The first kappa shape index (κ1) is 21.4. The number of aryl methyl sites for hydroxylation is 1. The zero-order valence-electron chi connectivity index (χ0n) is 17.2. The van der Waals surface area contributed by atoms with Gasteiger partial charge < -0.3 is 14.0 Å². The Balaban J connectivity index is 1.73. The molecule has 0 aliphatic carbocycles. The summed E-state index contributed by atoms with van der Waals surface area (Å²) in [5, 5.41) is 0.216. The second-order valence-electron chi connectivity index (χ2n) is 7.14. The van der Waals surface area contributed by atoms with E-state index in [1.165, 1.54) is 18.5 Å². The number of ether oxygens (including phenoxy) is 2. The molecule has 6 nitrogen and oxygen atoms in total. The van der Waals surface area contributed by atoms with Crippen LogP contribution in [0.3, 0.4) is 0 Å². The molecule has 2 aromatic heterocycles. The summed E-state index contributed by atoms with van der Waals surface area (Å²) in [4.78, 5) is 20.0. The van der Waals surface area contributed by atoms with E-state index in [1.54, 1.807) is 10.6 Å². The molecule has 2 aromatic carbocycles. The fraction of sp³-hybridized carbons (Fsp3) is 0.174. The number of hydrogen-bond acceptors (Lipinski definition) is 5. The van der Waals surface area contributed by atoms with Crippen molar-refractivity contribution in [2.45, 2.75) is 19.6 Å². The quantitative estimate of drug-likeness (QED) is 0.438. The molecule has 0 radical (unpaired) electrons. The normalized spacial score (nSPS) is 11.5. The van der Waals surface area contributed by atoms with Crippen molar-refractivity contribution in [2.24, 2.45) is 0 Å². The fourth-order valence-electron chi connectivity index (χ4n) is 3.32. The van der Waals surface area contributed by atoms with E-state index in [4.69, 9.17) is 9.47 Å². The van der Waals surface area contributed by atoms with Gasteiger partial charge in [-0.2, -0.15) is 18.2 Å². The molecule has 2 heterocycles. The third-order valence-electron chi connectivity index (χ3n) is 4.89. The van der Waals surface area contributed by atoms with E-state index in [0.717, 1.165) is 30.5 Å². The Hall–Kier alpha value is -3.88. The minimum absolute atomic E-state index is 0.0238. The first-order chi connectivity index (χ1) is 15.3. The molecule has 0 spiro atoms. The van der Waals surface area contributed by atoms with E-state index in [1.807, 2.05) is 31.2 Å². The van der Waals surface area contributed by atoms with Crippen LogP contribution in [0.2, 0.25) is 0 Å². The first-order valence-electron chi connectivity index (χ1n) is 9.59. The molecule has 0 unspecified atom stereocenters. The van der Waals surface area contributed by atoms with Crippen LogP contribution in [0.25, 0.3) is 10.9 Å². The maximum atomic E-state index is 13.5. The summed E-state index contributed by atoms with van der Waals surface area (Å²) in [6.45, 7) is 2.46. The maximum absolute atomic E-state index is 13.5. The number of pyridine rings is 1. The standard InChI is InChI=1S/C23H18F3N3O3/c1-14-3-5-15(6-4-14)12-29-13-28-21(30)17-11-16(7-8-18(17)29)32-22-20(23(24,25)26)19(31-2)9-10-27-22/h3-11,13H,12H2,1-2H3. The van der Waals surface area contributed by atoms with Crippen LogP contribution in [-0.2, 0) is 12.7 Å². The molecule has 4 aromatic rings. The monoisotopic (exact) mass is 441 g/mol. The van der Waals surface area contributed by atoms with Gasteiger partial charge in [0.15, 0.2) is 5.56 Å². The highest BCUT2D eigenvalue weighted by atomic mass is 19.4. The van der Waals surface area contributed by atoms with Gasteiger partial charge in [-0.15, -0.1) is 0 Å². The van der Waals surface area contributed by atoms with Crippen molar-refractivity contribution >= 4 is 10.9 Å². The highest BCUT2D eigenvalue weighted by molar-refractivity contribution is 5.79. The van der Waals surface area contributed by atoms with Gasteiger partial charge in [-0.05, 0) is 36.8 Å². The van der Waals surface area contributed by atoms with Gasteiger partial charge in [0.1, 0.15) is 11.5 Å². The Bertz CT molecular complexity index is 1330. The first-order valence-corrected chi connectivity index (χ1v) is 9.59. The van der Waals surface area contributed by atoms with E-state index in [2.05, 4.69) is 9.97 Å². The lowest BCUT2D eigenvalue weighted by Crippen LogP contribution is -2.13. The van der Waals surface area contributed by atoms with Crippen LogP contribution >= 0.6 is 0 Å². The van der Waals surface area contributed by atoms with Gasteiger partial charge in [-0.3, -0.25) is 4.79 Å². The molecule has 0 aliphatic rings. The smallest absolute Gasteiger partial charge is 0.425 e. The molecule has 4 rings (SSSR count). The molecule has 9 heteroatoms. The number of fused-ring (bicyclic) bond motifs is 1. The maximum Gasteiger partial charge on any atom is 0.425 e. The number of hydrogen-bond donors (Lipinski definition) is 0. The van der Waals surface area contributed by atoms with Crippen molar-refractivity contribution in [1.82, 2.24) is 14.5 Å². The predicted octanol–water partition coefficient (Wildman–Crippen LogP) is 4.97. The molecular formula is C23H18F3N3O3. The van der Waals surface area contributed by atoms with Crippen molar-refractivity contribution in [2.75, 3.05) is 7.11 Å². The zero-order chi connectivity index (χ0) is 22.9. The van der Waals surface area contributed by atoms with E-state index in [-0.39, 0.29) is 11.1 Å². The molecule has 0 bridgehead atoms. The third kappa shape index (κ3) is 4.27. The average Bonchev–Trinajstić information content (AvgIpc) is 2.76. The van der Waals surface area contributed by atoms with Crippen LogP contribution in [0.15, 0.2) is 65.8 Å². The molecule has 164 valence electrons. The number of alkyl halides is 3. The number of benzene rings is 2. The van der Waals surface area contributed by atoms with Crippen molar-refractivity contribution in [3.63, 3.8) is 0 Å². The second kappa shape index (κ2) is 8.33. The lowest BCUT2D eigenvalue weighted by atomic mass is 10.1. The average molecular weight is 441 g/mol. The van der Waals surface area contributed by atoms with Gasteiger partial charge in [0.05, 0.1) is 24.3 Å². The van der Waals surface area contributed by atoms with Crippen molar-refractivity contribution in [3.8, 4) is 17.4 Å². The van der Waals surface area contributed by atoms with Crippen molar-refractivity contribution in [3.05, 3.63) is 88.1 Å². The predicted molar refractivity (Wildman–Crippen MR) is 112 cm³/mol. The Labute approximate surface area is 180 Å². The van der Waals surface area contributed by atoms with Gasteiger partial charge >= 0.3 is 6.18 Å². The van der Waals surface area contributed by atoms with Gasteiger partial charge in [-0.1, -0.05) is 29.8 Å². The summed E-state index contributed by atoms with van der Waals surface area (Å²) in [5.74, 6) is -1.05. The summed E-state index contributed by atoms with van der Waals surface area (Å²) in [7, 11) is 1.13. The number of nitrogens with zero attached hydrogens (tertiary/aromatic N) is 3. The highest BCUT2D eigenvalue weighted by Crippen LogP contribution is 2.42. The summed E-state index contributed by atoms with van der Waals surface area (Å²) in [6.07, 6.45) is -2.15. The summed E-state index contributed by atoms with van der Waals surface area (Å²) >= 11 is 0. The van der Waals surface area contributed by atoms with Crippen molar-refractivity contribution in [1.29, 1.82) is 0 Å². The van der Waals surface area contributed by atoms with Crippen LogP contribution in [0.4, 0.5) is 13.2 Å². The largest absolute Gasteiger partial charge is 0.496 e. The van der Waals surface area contributed by atoms with E-state index < -0.39 is 28.9 Å². The molecular weight excluding hydrogens is 423 g/mol. The summed E-state index contributed by atoms with van der Waals surface area (Å²) < 4.78 is 52.6. The van der Waals surface area contributed by atoms with Gasteiger partial charge in [0.25, 0.3) is 5.56 Å². The number of rotatable bonds is 5. The molecule has 32 heavy (non-hydrogen) atoms. The van der Waals surface area contributed by atoms with Gasteiger partial charge in [-0.25, -0.2) is 4.98 Å². The number of halogens is 3. The SMILES string of the molecule is COc1ccnc(Oc2ccc3c(c2)c(=O)ncn3Cc2ccc(C)cc2)c1C(F)(F)F. The Morgan fingerprint density at radius 1 is 1.03 bits per heavy atom. The van der Waals surface area contributed by atoms with Gasteiger partial charge in [0, 0.05) is 12.7 Å². The number of aromatic nitrogens is 3. The lowest BCUT2D eigenvalue weighted by Gasteiger charge is -2.16. The van der Waals surface area contributed by atoms with Crippen molar-refractivity contribution < 1.29 is 22.6 Å². The van der Waals surface area contributed by atoms with Gasteiger partial charge in [0.2, 0.25) is 5.88 Å². The minimum atomic E-state index is -4.74. The Morgan fingerprint density at radius 2 is 1.78 bits per heavy atom. The number of methoxy groups -OCH3 is 1. The molecule has 0 atom stereocenters. The van der Waals surface area contributed by atoms with Crippen LogP contribution in [0, 0.1) is 6.92 Å². The Kier molecular flexibility index (Phi) is 5.56. The van der Waals surface area contributed by atoms with E-state index in [9.17, 15) is 18.0 Å².